The van der Waals surface area contributed by atoms with Gasteiger partial charge < -0.3 is 15.4 Å². The molecular formula is C16H15ClN2O3. The van der Waals surface area contributed by atoms with Crippen LogP contribution >= 0.6 is 11.6 Å². The van der Waals surface area contributed by atoms with Crippen molar-refractivity contribution in [2.75, 3.05) is 24.3 Å². The Kier molecular flexibility index (Phi) is 5.38. The summed E-state index contributed by atoms with van der Waals surface area (Å²) < 4.78 is 4.65. The Bertz CT molecular complexity index is 689. The molecule has 0 saturated heterocycles. The highest BCUT2D eigenvalue weighted by Gasteiger charge is 2.07. The standard InChI is InChI=1S/C16H15ClN2O3/c1-22-16(21)11-4-2-6-13(8-11)18-10-15(20)19-14-7-3-5-12(17)9-14/h2-9,18H,10H2,1H3,(H,19,20). The van der Waals surface area contributed by atoms with Crippen LogP contribution in [-0.4, -0.2) is 25.5 Å². The number of carbonyl (C=O) groups is 2. The quantitative estimate of drug-likeness (QED) is 0.831. The lowest BCUT2D eigenvalue weighted by Gasteiger charge is -2.09. The van der Waals surface area contributed by atoms with Gasteiger partial charge in [0, 0.05) is 16.4 Å². The molecule has 0 radical (unpaired) electrons. The third-order valence-corrected chi connectivity index (χ3v) is 3.08. The predicted octanol–water partition coefficient (Wildman–Crippen LogP) is 3.18. The first-order chi connectivity index (χ1) is 10.6. The summed E-state index contributed by atoms with van der Waals surface area (Å²) in [6.07, 6.45) is 0. The van der Waals surface area contributed by atoms with Gasteiger partial charge >= 0.3 is 5.97 Å². The minimum Gasteiger partial charge on any atom is -0.465 e. The molecule has 2 N–H and O–H groups in total. The summed E-state index contributed by atoms with van der Waals surface area (Å²) >= 11 is 5.85. The molecule has 0 aliphatic heterocycles. The molecule has 6 heteroatoms. The average molecular weight is 319 g/mol. The summed E-state index contributed by atoms with van der Waals surface area (Å²) in [7, 11) is 1.32. The second-order valence-electron chi connectivity index (χ2n) is 4.48. The topological polar surface area (TPSA) is 67.4 Å². The highest BCUT2D eigenvalue weighted by Crippen LogP contribution is 2.15. The van der Waals surface area contributed by atoms with E-state index in [1.54, 1.807) is 48.5 Å². The van der Waals surface area contributed by atoms with E-state index in [0.29, 0.717) is 22.0 Å². The number of carbonyl (C=O) groups excluding carboxylic acids is 2. The van der Waals surface area contributed by atoms with Crippen LogP contribution < -0.4 is 10.6 Å². The summed E-state index contributed by atoms with van der Waals surface area (Å²) in [6.45, 7) is 0.0666. The van der Waals surface area contributed by atoms with Gasteiger partial charge in [0.2, 0.25) is 5.91 Å². The highest BCUT2D eigenvalue weighted by atomic mass is 35.5. The first-order valence-electron chi connectivity index (χ1n) is 6.56. The molecule has 0 aliphatic carbocycles. The van der Waals surface area contributed by atoms with Crippen molar-refractivity contribution >= 4 is 34.9 Å². The van der Waals surface area contributed by atoms with Gasteiger partial charge in [-0.05, 0) is 36.4 Å². The Labute approximate surface area is 133 Å². The molecule has 2 aromatic rings. The van der Waals surface area contributed by atoms with Crippen LogP contribution in [0.5, 0.6) is 0 Å². The monoisotopic (exact) mass is 318 g/mol. The summed E-state index contributed by atoms with van der Waals surface area (Å²) in [6, 6.07) is 13.6. The molecule has 0 saturated carbocycles. The fraction of sp³-hybridized carbons (Fsp3) is 0.125. The molecule has 0 unspecified atom stereocenters. The third kappa shape index (κ3) is 4.49. The fourth-order valence-corrected chi connectivity index (χ4v) is 2.02. The molecule has 0 spiro atoms. The van der Waals surface area contributed by atoms with Crippen LogP contribution in [0.4, 0.5) is 11.4 Å². The van der Waals surface area contributed by atoms with Gasteiger partial charge in [-0.1, -0.05) is 23.7 Å². The zero-order chi connectivity index (χ0) is 15.9. The molecule has 0 heterocycles. The van der Waals surface area contributed by atoms with Crippen molar-refractivity contribution in [1.82, 2.24) is 0 Å². The van der Waals surface area contributed by atoms with Crippen LogP contribution in [0.2, 0.25) is 5.02 Å². The maximum Gasteiger partial charge on any atom is 0.337 e. The zero-order valence-electron chi connectivity index (χ0n) is 11.9. The molecule has 2 rings (SSSR count). The van der Waals surface area contributed by atoms with E-state index in [-0.39, 0.29) is 12.5 Å². The van der Waals surface area contributed by atoms with E-state index in [4.69, 9.17) is 11.6 Å². The molecule has 0 atom stereocenters. The van der Waals surface area contributed by atoms with Crippen molar-refractivity contribution in [2.45, 2.75) is 0 Å². The van der Waals surface area contributed by atoms with Crippen LogP contribution in [0, 0.1) is 0 Å². The van der Waals surface area contributed by atoms with E-state index in [0.717, 1.165) is 0 Å². The van der Waals surface area contributed by atoms with E-state index in [9.17, 15) is 9.59 Å². The Balaban J connectivity index is 1.92. The number of ether oxygens (including phenoxy) is 1. The van der Waals surface area contributed by atoms with Crippen LogP contribution in [-0.2, 0) is 9.53 Å². The van der Waals surface area contributed by atoms with Gasteiger partial charge in [-0.25, -0.2) is 4.79 Å². The van der Waals surface area contributed by atoms with E-state index in [1.165, 1.54) is 7.11 Å². The lowest BCUT2D eigenvalue weighted by atomic mass is 10.2. The van der Waals surface area contributed by atoms with Gasteiger partial charge in [0.1, 0.15) is 0 Å². The van der Waals surface area contributed by atoms with Crippen LogP contribution in [0.1, 0.15) is 10.4 Å². The lowest BCUT2D eigenvalue weighted by Crippen LogP contribution is -2.21. The average Bonchev–Trinajstić information content (AvgIpc) is 2.52. The molecule has 22 heavy (non-hydrogen) atoms. The third-order valence-electron chi connectivity index (χ3n) is 2.85. The number of halogens is 1. The summed E-state index contributed by atoms with van der Waals surface area (Å²) in [5.41, 5.74) is 1.70. The minimum absolute atomic E-state index is 0.0666. The normalized spacial score (nSPS) is 9.91. The van der Waals surface area contributed by atoms with Crippen molar-refractivity contribution in [3.63, 3.8) is 0 Å². The van der Waals surface area contributed by atoms with Gasteiger partial charge in [0.15, 0.2) is 0 Å². The predicted molar refractivity (Wildman–Crippen MR) is 86.4 cm³/mol. The Hall–Kier alpha value is -2.53. The van der Waals surface area contributed by atoms with Crippen molar-refractivity contribution in [3.8, 4) is 0 Å². The summed E-state index contributed by atoms with van der Waals surface area (Å²) in [5.74, 6) is -0.641. The highest BCUT2D eigenvalue weighted by molar-refractivity contribution is 6.30. The van der Waals surface area contributed by atoms with Crippen molar-refractivity contribution in [3.05, 3.63) is 59.1 Å². The SMILES string of the molecule is COC(=O)c1cccc(NCC(=O)Nc2cccc(Cl)c2)c1. The number of nitrogens with one attached hydrogen (secondary N) is 2. The van der Waals surface area contributed by atoms with Crippen LogP contribution in [0.15, 0.2) is 48.5 Å². The fourth-order valence-electron chi connectivity index (χ4n) is 1.83. The molecule has 0 bridgehead atoms. The van der Waals surface area contributed by atoms with Crippen molar-refractivity contribution in [2.24, 2.45) is 0 Å². The number of rotatable bonds is 5. The van der Waals surface area contributed by atoms with Crippen molar-refractivity contribution in [1.29, 1.82) is 0 Å². The molecule has 5 nitrogen and oxygen atoms in total. The smallest absolute Gasteiger partial charge is 0.337 e. The molecule has 0 fully saturated rings. The van der Waals surface area contributed by atoms with Crippen molar-refractivity contribution < 1.29 is 14.3 Å². The number of methoxy groups -OCH3 is 1. The molecule has 114 valence electrons. The molecule has 2 aromatic carbocycles. The first-order valence-corrected chi connectivity index (χ1v) is 6.94. The summed E-state index contributed by atoms with van der Waals surface area (Å²) in [4.78, 5) is 23.3. The number of esters is 1. The van der Waals surface area contributed by atoms with E-state index in [1.807, 2.05) is 0 Å². The Morgan fingerprint density at radius 1 is 1.09 bits per heavy atom. The number of benzene rings is 2. The van der Waals surface area contributed by atoms with Crippen LogP contribution in [0.3, 0.4) is 0 Å². The molecule has 0 aromatic heterocycles. The molecule has 0 aliphatic rings. The van der Waals surface area contributed by atoms with Gasteiger partial charge in [0.25, 0.3) is 0 Å². The minimum atomic E-state index is -0.424. The van der Waals surface area contributed by atoms with E-state index < -0.39 is 5.97 Å². The van der Waals surface area contributed by atoms with E-state index >= 15 is 0 Å². The van der Waals surface area contributed by atoms with Crippen LogP contribution in [0.25, 0.3) is 0 Å². The van der Waals surface area contributed by atoms with Gasteiger partial charge in [-0.2, -0.15) is 0 Å². The number of amides is 1. The Morgan fingerprint density at radius 3 is 2.55 bits per heavy atom. The number of hydrogen-bond acceptors (Lipinski definition) is 4. The Morgan fingerprint density at radius 2 is 1.82 bits per heavy atom. The molecule has 1 amide bonds. The lowest BCUT2D eigenvalue weighted by molar-refractivity contribution is -0.114. The zero-order valence-corrected chi connectivity index (χ0v) is 12.7. The number of anilines is 2. The maximum atomic E-state index is 11.9. The maximum absolute atomic E-state index is 11.9. The van der Waals surface area contributed by atoms with Gasteiger partial charge in [-0.15, -0.1) is 0 Å². The van der Waals surface area contributed by atoms with E-state index in [2.05, 4.69) is 15.4 Å². The second kappa shape index (κ2) is 7.47. The molecular weight excluding hydrogens is 304 g/mol. The van der Waals surface area contributed by atoms with Gasteiger partial charge in [0.05, 0.1) is 19.2 Å². The second-order valence-corrected chi connectivity index (χ2v) is 4.92. The largest absolute Gasteiger partial charge is 0.465 e. The number of hydrogen-bond donors (Lipinski definition) is 2. The van der Waals surface area contributed by atoms with Gasteiger partial charge in [-0.3, -0.25) is 4.79 Å². The first kappa shape index (κ1) is 15.9. The summed E-state index contributed by atoms with van der Waals surface area (Å²) in [5, 5.41) is 6.22.